The van der Waals surface area contributed by atoms with Gasteiger partial charge in [0.15, 0.2) is 0 Å². The molecular weight excluding hydrogens is 572 g/mol. The van der Waals surface area contributed by atoms with E-state index >= 15 is 0 Å². The number of carbonyl (C=O) groups excluding carboxylic acids is 1. The van der Waals surface area contributed by atoms with Gasteiger partial charge < -0.3 is 0 Å². The van der Waals surface area contributed by atoms with E-state index in [0.29, 0.717) is 10.4 Å². The van der Waals surface area contributed by atoms with Crippen molar-refractivity contribution in [3.8, 4) is 0 Å². The lowest BCUT2D eigenvalue weighted by Crippen LogP contribution is -2.39. The topological polar surface area (TPSA) is 122 Å². The van der Waals surface area contributed by atoms with Crippen LogP contribution in [0.5, 0.6) is 0 Å². The molecule has 0 spiro atoms. The monoisotopic (exact) mass is 588 g/mol. The number of nitrogens with one attached hydrogen (secondary N) is 1. The SMILES string of the molecule is Cc1ccc(S(=O)(=O)N(CC(=O)N/N=C\c2cc([N+](=O)[O-])ccc2Cl)c2ccc(Cl)c(C(F)(F)F)c2)cc1. The first-order valence-electron chi connectivity index (χ1n) is 10.4. The van der Waals surface area contributed by atoms with E-state index in [9.17, 15) is 36.5 Å². The van der Waals surface area contributed by atoms with E-state index in [1.54, 1.807) is 6.92 Å². The minimum absolute atomic E-state index is 0.0813. The standard InChI is InChI=1S/C23H17Cl2F3N4O5S/c1-14-2-6-18(7-3-14)38(36,37)31(16-4-9-21(25)19(11-16)23(26,27)28)13-22(33)30-29-12-15-10-17(32(34)35)5-8-20(15)24/h2-12H,13H2,1H3,(H,30,33)/b29-12-. The van der Waals surface area contributed by atoms with Gasteiger partial charge in [-0.1, -0.05) is 40.9 Å². The fraction of sp³-hybridized carbons (Fsp3) is 0.130. The Labute approximate surface area is 224 Å². The average Bonchev–Trinajstić information content (AvgIpc) is 2.83. The van der Waals surface area contributed by atoms with E-state index in [-0.39, 0.29) is 21.2 Å². The van der Waals surface area contributed by atoms with E-state index < -0.39 is 49.8 Å². The number of benzene rings is 3. The van der Waals surface area contributed by atoms with E-state index in [1.807, 2.05) is 5.43 Å². The number of hydrogen-bond acceptors (Lipinski definition) is 6. The lowest BCUT2D eigenvalue weighted by molar-refractivity contribution is -0.384. The number of sulfonamides is 1. The predicted octanol–water partition coefficient (Wildman–Crippen LogP) is 5.57. The minimum Gasteiger partial charge on any atom is -0.271 e. The molecule has 0 fully saturated rings. The molecule has 0 heterocycles. The normalized spacial score (nSPS) is 11.9. The molecule has 3 aromatic rings. The highest BCUT2D eigenvalue weighted by atomic mass is 35.5. The van der Waals surface area contributed by atoms with Crippen molar-refractivity contribution in [1.82, 2.24) is 5.43 Å². The van der Waals surface area contributed by atoms with Gasteiger partial charge in [-0.05, 0) is 43.3 Å². The second-order valence-corrected chi connectivity index (χ2v) is 10.4. The molecule has 1 N–H and O–H groups in total. The lowest BCUT2D eigenvalue weighted by Gasteiger charge is -2.25. The van der Waals surface area contributed by atoms with E-state index in [4.69, 9.17) is 23.2 Å². The van der Waals surface area contributed by atoms with Gasteiger partial charge in [0.1, 0.15) is 6.54 Å². The largest absolute Gasteiger partial charge is 0.417 e. The van der Waals surface area contributed by atoms with E-state index in [1.165, 1.54) is 30.3 Å². The van der Waals surface area contributed by atoms with Gasteiger partial charge in [0.2, 0.25) is 0 Å². The molecule has 0 radical (unpaired) electrons. The molecule has 0 aliphatic rings. The van der Waals surface area contributed by atoms with Crippen LogP contribution in [-0.2, 0) is 21.0 Å². The van der Waals surface area contributed by atoms with Gasteiger partial charge in [-0.2, -0.15) is 18.3 Å². The van der Waals surface area contributed by atoms with Crippen LogP contribution < -0.4 is 9.73 Å². The molecule has 0 aliphatic carbocycles. The summed E-state index contributed by atoms with van der Waals surface area (Å²) in [5.74, 6) is -1.03. The molecular formula is C23H17Cl2F3N4O5S. The summed E-state index contributed by atoms with van der Waals surface area (Å²) in [4.78, 5) is 22.6. The van der Waals surface area contributed by atoms with Gasteiger partial charge in [0.05, 0.1) is 32.3 Å². The smallest absolute Gasteiger partial charge is 0.271 e. The van der Waals surface area contributed by atoms with Crippen LogP contribution in [0.2, 0.25) is 10.0 Å². The molecule has 0 saturated carbocycles. The number of hydrazone groups is 1. The number of carbonyl (C=O) groups is 1. The van der Waals surface area contributed by atoms with Crippen molar-refractivity contribution < 1.29 is 31.3 Å². The fourth-order valence-corrected chi connectivity index (χ4v) is 4.93. The van der Waals surface area contributed by atoms with E-state index in [2.05, 4.69) is 5.10 Å². The van der Waals surface area contributed by atoms with Crippen LogP contribution in [0, 0.1) is 17.0 Å². The van der Waals surface area contributed by atoms with Crippen LogP contribution in [0.4, 0.5) is 24.5 Å². The first-order chi connectivity index (χ1) is 17.7. The summed E-state index contributed by atoms with van der Waals surface area (Å²) < 4.78 is 67.6. The summed E-state index contributed by atoms with van der Waals surface area (Å²) in [7, 11) is -4.53. The van der Waals surface area contributed by atoms with Crippen LogP contribution in [0.1, 0.15) is 16.7 Å². The van der Waals surface area contributed by atoms with Crippen molar-refractivity contribution >= 4 is 56.7 Å². The van der Waals surface area contributed by atoms with Gasteiger partial charge in [-0.15, -0.1) is 0 Å². The average molecular weight is 589 g/mol. The van der Waals surface area contributed by atoms with Gasteiger partial charge in [-0.3, -0.25) is 19.2 Å². The van der Waals surface area contributed by atoms with Crippen LogP contribution >= 0.6 is 23.2 Å². The van der Waals surface area contributed by atoms with Crippen LogP contribution in [0.3, 0.4) is 0 Å². The Balaban J connectivity index is 1.95. The Kier molecular flexibility index (Phi) is 8.65. The number of nitro benzene ring substituents is 1. The zero-order valence-electron chi connectivity index (χ0n) is 19.2. The molecule has 200 valence electrons. The number of amides is 1. The Morgan fingerprint density at radius 2 is 1.71 bits per heavy atom. The summed E-state index contributed by atoms with van der Waals surface area (Å²) in [5, 5.41) is 14.0. The van der Waals surface area contributed by atoms with Crippen LogP contribution in [0.25, 0.3) is 0 Å². The van der Waals surface area contributed by atoms with E-state index in [0.717, 1.165) is 36.0 Å². The molecule has 15 heteroatoms. The summed E-state index contributed by atoms with van der Waals surface area (Å²) in [5.41, 5.74) is 0.803. The Bertz CT molecular complexity index is 1510. The first-order valence-corrected chi connectivity index (χ1v) is 12.6. The minimum atomic E-state index is -4.89. The number of anilines is 1. The number of hydrogen-bond donors (Lipinski definition) is 1. The summed E-state index contributed by atoms with van der Waals surface area (Å²) in [6.45, 7) is 0.747. The maximum atomic E-state index is 13.5. The third-order valence-corrected chi connectivity index (χ3v) is 7.48. The molecule has 0 aromatic heterocycles. The van der Waals surface area contributed by atoms with Crippen LogP contribution in [-0.4, -0.2) is 32.0 Å². The Morgan fingerprint density at radius 3 is 2.32 bits per heavy atom. The number of rotatable bonds is 8. The predicted molar refractivity (Wildman–Crippen MR) is 136 cm³/mol. The van der Waals surface area contributed by atoms with Gasteiger partial charge >= 0.3 is 6.18 Å². The number of aryl methyl sites for hydroxylation is 1. The molecule has 0 bridgehead atoms. The molecule has 3 aromatic carbocycles. The molecule has 3 rings (SSSR count). The van der Waals surface area contributed by atoms with Crippen LogP contribution in [0.15, 0.2) is 70.7 Å². The number of non-ortho nitro benzene ring substituents is 1. The van der Waals surface area contributed by atoms with Crippen molar-refractivity contribution in [1.29, 1.82) is 0 Å². The summed E-state index contributed by atoms with van der Waals surface area (Å²) in [6.07, 6.45) is -3.90. The summed E-state index contributed by atoms with van der Waals surface area (Å²) >= 11 is 11.6. The number of alkyl halides is 3. The summed E-state index contributed by atoms with van der Waals surface area (Å²) in [6, 6.07) is 11.4. The molecule has 0 saturated heterocycles. The fourth-order valence-electron chi connectivity index (χ4n) is 3.12. The zero-order chi connectivity index (χ0) is 28.3. The number of nitrogens with zero attached hydrogens (tertiary/aromatic N) is 3. The van der Waals surface area contributed by atoms with Gasteiger partial charge in [-0.25, -0.2) is 13.8 Å². The van der Waals surface area contributed by atoms with Gasteiger partial charge in [0.25, 0.3) is 21.6 Å². The first kappa shape index (κ1) is 28.9. The number of halogens is 5. The second-order valence-electron chi connectivity index (χ2n) is 7.74. The van der Waals surface area contributed by atoms with Crippen molar-refractivity contribution in [2.75, 3.05) is 10.8 Å². The maximum Gasteiger partial charge on any atom is 0.417 e. The second kappa shape index (κ2) is 11.4. The third-order valence-electron chi connectivity index (χ3n) is 5.02. The molecule has 38 heavy (non-hydrogen) atoms. The Hall–Kier alpha value is -3.68. The molecule has 0 aliphatic heterocycles. The number of nitro groups is 1. The highest BCUT2D eigenvalue weighted by Gasteiger charge is 2.35. The van der Waals surface area contributed by atoms with Crippen molar-refractivity contribution in [3.63, 3.8) is 0 Å². The molecule has 9 nitrogen and oxygen atoms in total. The molecule has 0 unspecified atom stereocenters. The molecule has 1 amide bonds. The van der Waals surface area contributed by atoms with Gasteiger partial charge in [0, 0.05) is 22.7 Å². The van der Waals surface area contributed by atoms with Crippen molar-refractivity contribution in [2.24, 2.45) is 5.10 Å². The molecule has 0 atom stereocenters. The Morgan fingerprint density at radius 1 is 1.08 bits per heavy atom. The highest BCUT2D eigenvalue weighted by Crippen LogP contribution is 2.38. The van der Waals surface area contributed by atoms with Crippen molar-refractivity contribution in [2.45, 2.75) is 18.0 Å². The third kappa shape index (κ3) is 6.79. The zero-order valence-corrected chi connectivity index (χ0v) is 21.6. The lowest BCUT2D eigenvalue weighted by atomic mass is 10.2. The highest BCUT2D eigenvalue weighted by molar-refractivity contribution is 7.92. The van der Waals surface area contributed by atoms with Crippen molar-refractivity contribution in [3.05, 3.63) is 97.5 Å². The maximum absolute atomic E-state index is 13.5. The quantitative estimate of drug-likeness (QED) is 0.209.